The second kappa shape index (κ2) is 65.3. The third-order valence-electron chi connectivity index (χ3n) is 9.31. The number of methoxy groups -OCH3 is 4. The molecule has 0 N–H and O–H groups in total. The lowest BCUT2D eigenvalue weighted by Crippen LogP contribution is -2.43. The highest BCUT2D eigenvalue weighted by atomic mass is 16.6. The standard InChI is InChI=1S/C49H100O24/c1-50-5-9-54-13-17-58-21-25-62-29-33-66-37-41-70-45-49(46-71-42-38-67-34-30-63-26-22-59-18-14-55-10-6-51-2,47-72-43-39-68-35-31-64-27-23-60-19-15-56-11-7-52-3)48-73-44-40-69-36-32-65-28-24-61-20-16-57-12-8-53-4/h5-48H2,1-4H3. The van der Waals surface area contributed by atoms with Crippen LogP contribution in [0.1, 0.15) is 0 Å². The highest BCUT2D eigenvalue weighted by molar-refractivity contribution is 4.79. The quantitative estimate of drug-likeness (QED) is 0.0772. The summed E-state index contributed by atoms with van der Waals surface area (Å²) in [5, 5.41) is 0. The predicted molar refractivity (Wildman–Crippen MR) is 266 cm³/mol. The van der Waals surface area contributed by atoms with E-state index >= 15 is 0 Å². The van der Waals surface area contributed by atoms with Crippen LogP contribution >= 0.6 is 0 Å². The molecule has 0 aromatic rings. The van der Waals surface area contributed by atoms with Gasteiger partial charge in [-0.1, -0.05) is 0 Å². The molecule has 0 radical (unpaired) electrons. The predicted octanol–water partition coefficient (Wildman–Crippen LogP) is 0.890. The van der Waals surface area contributed by atoms with Crippen molar-refractivity contribution in [3.63, 3.8) is 0 Å². The van der Waals surface area contributed by atoms with Gasteiger partial charge in [-0.15, -0.1) is 0 Å². The zero-order chi connectivity index (χ0) is 52.6. The van der Waals surface area contributed by atoms with Crippen LogP contribution in [0.25, 0.3) is 0 Å². The fourth-order valence-corrected chi connectivity index (χ4v) is 5.49. The van der Waals surface area contributed by atoms with Gasteiger partial charge in [-0.05, 0) is 0 Å². The molecule has 0 spiro atoms. The van der Waals surface area contributed by atoms with E-state index in [9.17, 15) is 0 Å². The molecule has 0 bridgehead atoms. The molecular formula is C49H100O24. The SMILES string of the molecule is COCCOCCOCCOCCOCCOCC(COCCOCCOCCOCCOCCOC)(COCCOCCOCCOCCOCCOC)COCCOCCOCCOCCOCCOC. The molecule has 24 heteroatoms. The Kier molecular flexibility index (Phi) is 64.5. The Morgan fingerprint density at radius 3 is 0.342 bits per heavy atom. The van der Waals surface area contributed by atoms with Crippen molar-refractivity contribution in [3.8, 4) is 0 Å². The van der Waals surface area contributed by atoms with Gasteiger partial charge in [-0.3, -0.25) is 0 Å². The smallest absolute Gasteiger partial charge is 0.0701 e. The molecule has 0 saturated heterocycles. The molecule has 440 valence electrons. The summed E-state index contributed by atoms with van der Waals surface area (Å²) in [6.45, 7) is 19.6. The van der Waals surface area contributed by atoms with E-state index in [-0.39, 0.29) is 26.4 Å². The zero-order valence-electron chi connectivity index (χ0n) is 45.4. The van der Waals surface area contributed by atoms with Gasteiger partial charge < -0.3 is 114 Å². The first-order valence-electron chi connectivity index (χ1n) is 25.7. The summed E-state index contributed by atoms with van der Waals surface area (Å²) >= 11 is 0. The minimum absolute atomic E-state index is 0.279. The maximum absolute atomic E-state index is 6.19. The van der Waals surface area contributed by atoms with Crippen LogP contribution in [0.5, 0.6) is 0 Å². The third kappa shape index (κ3) is 60.1. The van der Waals surface area contributed by atoms with Crippen LogP contribution in [0.3, 0.4) is 0 Å². The topological polar surface area (TPSA) is 222 Å². The molecule has 73 heavy (non-hydrogen) atoms. The Morgan fingerprint density at radius 1 is 0.137 bits per heavy atom. The molecule has 0 amide bonds. The summed E-state index contributed by atoms with van der Waals surface area (Å²) in [4.78, 5) is 0. The van der Waals surface area contributed by atoms with E-state index in [1.54, 1.807) is 28.4 Å². The number of hydrogen-bond donors (Lipinski definition) is 0. The highest BCUT2D eigenvalue weighted by Crippen LogP contribution is 2.21. The molecule has 24 nitrogen and oxygen atoms in total. The first-order chi connectivity index (χ1) is 36.2. The van der Waals surface area contributed by atoms with Gasteiger partial charge in [-0.25, -0.2) is 0 Å². The van der Waals surface area contributed by atoms with Gasteiger partial charge >= 0.3 is 0 Å². The number of rotatable bonds is 68. The molecule has 0 aliphatic rings. The van der Waals surface area contributed by atoms with Crippen LogP contribution in [0.15, 0.2) is 0 Å². The molecule has 0 aliphatic carbocycles. The van der Waals surface area contributed by atoms with E-state index in [4.69, 9.17) is 114 Å². The summed E-state index contributed by atoms with van der Waals surface area (Å²) in [7, 11) is 6.56. The molecule has 0 atom stereocenters. The lowest BCUT2D eigenvalue weighted by atomic mass is 9.92. The van der Waals surface area contributed by atoms with Crippen molar-refractivity contribution in [2.45, 2.75) is 0 Å². The lowest BCUT2D eigenvalue weighted by Gasteiger charge is -2.33. The Hall–Kier alpha value is -0.960. The second-order valence-corrected chi connectivity index (χ2v) is 15.5. The third-order valence-corrected chi connectivity index (χ3v) is 9.31. The second-order valence-electron chi connectivity index (χ2n) is 15.5. The normalized spacial score (nSPS) is 12.0. The summed E-state index contributed by atoms with van der Waals surface area (Å²) in [5.41, 5.74) is -0.675. The molecule has 0 fully saturated rings. The van der Waals surface area contributed by atoms with Crippen LogP contribution in [-0.2, 0) is 114 Å². The van der Waals surface area contributed by atoms with Gasteiger partial charge in [0.1, 0.15) is 0 Å². The van der Waals surface area contributed by atoms with Crippen molar-refractivity contribution < 1.29 is 114 Å². The van der Waals surface area contributed by atoms with Crippen molar-refractivity contribution in [1.82, 2.24) is 0 Å². The van der Waals surface area contributed by atoms with Crippen molar-refractivity contribution in [2.24, 2.45) is 5.41 Å². The Balaban J connectivity index is 4.96. The van der Waals surface area contributed by atoms with Crippen LogP contribution < -0.4 is 0 Å². The van der Waals surface area contributed by atoms with Gasteiger partial charge in [0.15, 0.2) is 0 Å². The first-order valence-corrected chi connectivity index (χ1v) is 25.7. The molecule has 0 unspecified atom stereocenters. The van der Waals surface area contributed by atoms with Crippen LogP contribution in [0, 0.1) is 5.41 Å². The summed E-state index contributed by atoms with van der Waals surface area (Å²) in [6, 6.07) is 0. The fraction of sp³-hybridized carbons (Fsp3) is 1.00. The number of ether oxygens (including phenoxy) is 24. The van der Waals surface area contributed by atoms with Gasteiger partial charge in [0.05, 0.1) is 296 Å². The van der Waals surface area contributed by atoms with Crippen molar-refractivity contribution in [2.75, 3.05) is 319 Å². The fourth-order valence-electron chi connectivity index (χ4n) is 5.49. The Bertz CT molecular complexity index is 834. The molecule has 0 aromatic heterocycles. The minimum atomic E-state index is -0.675. The van der Waals surface area contributed by atoms with E-state index in [0.29, 0.717) is 264 Å². The largest absolute Gasteiger partial charge is 0.382 e. The molecule has 0 aliphatic heterocycles. The van der Waals surface area contributed by atoms with Crippen molar-refractivity contribution in [3.05, 3.63) is 0 Å². The average Bonchev–Trinajstić information content (AvgIpc) is 3.40. The number of hydrogen-bond acceptors (Lipinski definition) is 24. The Labute approximate surface area is 437 Å². The summed E-state index contributed by atoms with van der Waals surface area (Å²) in [6.07, 6.45) is 0. The van der Waals surface area contributed by atoms with Gasteiger partial charge in [0, 0.05) is 28.4 Å². The highest BCUT2D eigenvalue weighted by Gasteiger charge is 2.32. The summed E-state index contributed by atoms with van der Waals surface area (Å²) < 4.78 is 134. The van der Waals surface area contributed by atoms with Crippen molar-refractivity contribution >= 4 is 0 Å². The lowest BCUT2D eigenvalue weighted by molar-refractivity contribution is -0.123. The van der Waals surface area contributed by atoms with Crippen LogP contribution in [0.4, 0.5) is 0 Å². The maximum Gasteiger partial charge on any atom is 0.0701 e. The summed E-state index contributed by atoms with van der Waals surface area (Å²) in [5.74, 6) is 0. The van der Waals surface area contributed by atoms with Crippen LogP contribution in [0.2, 0.25) is 0 Å². The van der Waals surface area contributed by atoms with Gasteiger partial charge in [0.2, 0.25) is 0 Å². The molecule has 0 aromatic carbocycles. The van der Waals surface area contributed by atoms with E-state index in [0.717, 1.165) is 0 Å². The van der Waals surface area contributed by atoms with E-state index in [1.807, 2.05) is 0 Å². The Morgan fingerprint density at radius 2 is 0.233 bits per heavy atom. The monoisotopic (exact) mass is 1070 g/mol. The maximum atomic E-state index is 6.19. The molecule has 0 saturated carbocycles. The molecule has 0 rings (SSSR count). The van der Waals surface area contributed by atoms with Gasteiger partial charge in [-0.2, -0.15) is 0 Å². The molecule has 0 heterocycles. The first kappa shape index (κ1) is 72.0. The van der Waals surface area contributed by atoms with Crippen LogP contribution in [-0.4, -0.2) is 319 Å². The zero-order valence-corrected chi connectivity index (χ0v) is 45.4. The molecular weight excluding hydrogens is 973 g/mol. The van der Waals surface area contributed by atoms with Gasteiger partial charge in [0.25, 0.3) is 0 Å². The van der Waals surface area contributed by atoms with Crippen molar-refractivity contribution in [1.29, 1.82) is 0 Å². The van der Waals surface area contributed by atoms with E-state index in [1.165, 1.54) is 0 Å². The van der Waals surface area contributed by atoms with E-state index < -0.39 is 5.41 Å². The average molecular weight is 1070 g/mol. The van der Waals surface area contributed by atoms with E-state index in [2.05, 4.69) is 0 Å². The minimum Gasteiger partial charge on any atom is -0.382 e.